The molecule has 3 nitrogen and oxygen atoms in total. The molecule has 0 fully saturated rings. The van der Waals surface area contributed by atoms with Gasteiger partial charge in [0.2, 0.25) is 5.60 Å². The summed E-state index contributed by atoms with van der Waals surface area (Å²) in [5.74, 6) is -2.17. The van der Waals surface area contributed by atoms with E-state index >= 15 is 0 Å². The van der Waals surface area contributed by atoms with E-state index in [0.717, 1.165) is 6.92 Å². The maximum atomic E-state index is 12.9. The van der Waals surface area contributed by atoms with E-state index in [0.29, 0.717) is 0 Å². The van der Waals surface area contributed by atoms with Crippen LogP contribution in [0.5, 0.6) is 0 Å². The smallest absolute Gasteiger partial charge is 0.428 e. The van der Waals surface area contributed by atoms with Gasteiger partial charge in [-0.25, -0.2) is 4.79 Å². The van der Waals surface area contributed by atoms with Gasteiger partial charge in [0.05, 0.1) is 6.61 Å². The first kappa shape index (κ1) is 14.4. The number of alkyl halides is 3. The minimum Gasteiger partial charge on any atom is -0.472 e. The van der Waals surface area contributed by atoms with E-state index < -0.39 is 23.7 Å². The van der Waals surface area contributed by atoms with Crippen molar-refractivity contribution in [2.24, 2.45) is 5.92 Å². The first-order valence-electron chi connectivity index (χ1n) is 5.07. The van der Waals surface area contributed by atoms with Crippen LogP contribution in [0.3, 0.4) is 0 Å². The van der Waals surface area contributed by atoms with E-state index in [1.165, 1.54) is 6.92 Å². The molecule has 7 heteroatoms. The second-order valence-electron chi connectivity index (χ2n) is 3.93. The zero-order chi connectivity index (χ0) is 13.4. The third-order valence-electron chi connectivity index (χ3n) is 2.89. The van der Waals surface area contributed by atoms with Crippen LogP contribution >= 0.6 is 0 Å². The molecule has 0 aromatic carbocycles. The molecule has 2 atom stereocenters. The molecular weight excluding hydrogens is 252 g/mol. The Morgan fingerprint density at radius 2 is 2.12 bits per heavy atom. The number of carbonyl (C=O) groups is 1. The van der Waals surface area contributed by atoms with Crippen LogP contribution in [0.2, 0.25) is 0 Å². The number of rotatable bonds is 2. The summed E-state index contributed by atoms with van der Waals surface area (Å²) in [6.07, 6.45) is -4.55. The average Bonchev–Trinajstić information content (AvgIpc) is 2.43. The van der Waals surface area contributed by atoms with Gasteiger partial charge in [0.25, 0.3) is 0 Å². The molecule has 0 aromatic heterocycles. The number of carbonyl (C=O) groups excluding carboxylic acids is 1. The van der Waals surface area contributed by atoms with Gasteiger partial charge in [-0.2, -0.15) is 13.2 Å². The van der Waals surface area contributed by atoms with Crippen molar-refractivity contribution in [2.75, 3.05) is 6.61 Å². The lowest BCUT2D eigenvalue weighted by Gasteiger charge is -2.32. The van der Waals surface area contributed by atoms with Crippen molar-refractivity contribution in [3.63, 3.8) is 0 Å². The zero-order valence-corrected chi connectivity index (χ0v) is 10.9. The highest BCUT2D eigenvalue weighted by molar-refractivity contribution is 6.24. The molecule has 0 amide bonds. The first-order valence-corrected chi connectivity index (χ1v) is 5.65. The topological polar surface area (TPSA) is 35.5 Å². The van der Waals surface area contributed by atoms with Crippen LogP contribution in [0, 0.1) is 5.92 Å². The van der Waals surface area contributed by atoms with E-state index in [4.69, 9.17) is 4.74 Å². The maximum absolute atomic E-state index is 12.9. The van der Waals surface area contributed by atoms with Crippen molar-refractivity contribution in [2.45, 2.75) is 32.5 Å². The molecule has 0 saturated heterocycles. The van der Waals surface area contributed by atoms with Gasteiger partial charge in [0.15, 0.2) is 22.0 Å². The van der Waals surface area contributed by atoms with Crippen molar-refractivity contribution in [3.05, 3.63) is 10.2 Å². The van der Waals surface area contributed by atoms with Gasteiger partial charge in [-0.3, -0.25) is 0 Å². The number of halogens is 3. The highest BCUT2D eigenvalue weighted by Gasteiger charge is 2.61. The molecule has 94 valence electrons. The molecule has 0 bridgehead atoms. The molecule has 0 unspecified atom stereocenters. The summed E-state index contributed by atoms with van der Waals surface area (Å²) in [6, 6.07) is 0. The SMILES string of the molecule is CCOC(=O)C1=[C]([Al])[C@H](C)[C@](C)(C(F)(F)F)O1. The largest absolute Gasteiger partial charge is 0.472 e. The number of esters is 1. The molecule has 0 saturated carbocycles. The van der Waals surface area contributed by atoms with Crippen molar-refractivity contribution < 1.29 is 27.4 Å². The quantitative estimate of drug-likeness (QED) is 0.564. The van der Waals surface area contributed by atoms with E-state index in [1.54, 1.807) is 6.92 Å². The fourth-order valence-corrected chi connectivity index (χ4v) is 2.01. The minimum atomic E-state index is -4.55. The molecule has 17 heavy (non-hydrogen) atoms. The van der Waals surface area contributed by atoms with Crippen LogP contribution in [0.4, 0.5) is 13.2 Å². The summed E-state index contributed by atoms with van der Waals surface area (Å²) in [6.45, 7) is 3.94. The summed E-state index contributed by atoms with van der Waals surface area (Å²) in [5, 5.41) is 0. The highest BCUT2D eigenvalue weighted by atomic mass is 27.0. The van der Waals surface area contributed by atoms with Gasteiger partial charge in [0.1, 0.15) is 0 Å². The molecular formula is C10H12AlF3O3. The summed E-state index contributed by atoms with van der Waals surface area (Å²) >= 11 is 2.12. The predicted molar refractivity (Wildman–Crippen MR) is 54.1 cm³/mol. The Kier molecular flexibility index (Phi) is 3.85. The van der Waals surface area contributed by atoms with E-state index in [1.807, 2.05) is 0 Å². The third-order valence-corrected chi connectivity index (χ3v) is 3.65. The van der Waals surface area contributed by atoms with Crippen molar-refractivity contribution >= 4 is 22.3 Å². The lowest BCUT2D eigenvalue weighted by molar-refractivity contribution is -0.263. The normalized spacial score (nSPS) is 29.2. The van der Waals surface area contributed by atoms with E-state index in [2.05, 4.69) is 21.0 Å². The number of ether oxygens (including phenoxy) is 2. The summed E-state index contributed by atoms with van der Waals surface area (Å²) in [7, 11) is 0. The first-order chi connectivity index (χ1) is 7.65. The fourth-order valence-electron chi connectivity index (χ4n) is 1.51. The number of hydrogen-bond donors (Lipinski definition) is 0. The average molecular weight is 264 g/mol. The third kappa shape index (κ3) is 2.31. The predicted octanol–water partition coefficient (Wildman–Crippen LogP) is 1.92. The van der Waals surface area contributed by atoms with Crippen LogP contribution in [0.25, 0.3) is 0 Å². The molecule has 1 aliphatic heterocycles. The second-order valence-corrected chi connectivity index (χ2v) is 4.56. The second kappa shape index (κ2) is 4.54. The van der Waals surface area contributed by atoms with Crippen molar-refractivity contribution in [3.8, 4) is 0 Å². The van der Waals surface area contributed by atoms with Crippen LogP contribution < -0.4 is 0 Å². The van der Waals surface area contributed by atoms with Crippen LogP contribution in [-0.4, -0.2) is 40.6 Å². The van der Waals surface area contributed by atoms with Gasteiger partial charge in [-0.05, 0) is 13.8 Å². The summed E-state index contributed by atoms with van der Waals surface area (Å²) in [4.78, 5) is 11.4. The van der Waals surface area contributed by atoms with Crippen LogP contribution in [0.1, 0.15) is 20.8 Å². The lowest BCUT2D eigenvalue weighted by Crippen LogP contribution is -2.47. The fraction of sp³-hybridized carbons (Fsp3) is 0.700. The highest BCUT2D eigenvalue weighted by Crippen LogP contribution is 2.48. The minimum absolute atomic E-state index is 0.0841. The molecule has 1 aliphatic rings. The molecule has 0 aliphatic carbocycles. The summed E-state index contributed by atoms with van der Waals surface area (Å²) in [5.41, 5.74) is -2.38. The Hall–Kier alpha value is -0.668. The van der Waals surface area contributed by atoms with Gasteiger partial charge < -0.3 is 9.47 Å². The Morgan fingerprint density at radius 3 is 2.47 bits per heavy atom. The Bertz CT molecular complexity index is 364. The molecule has 0 spiro atoms. The maximum Gasteiger partial charge on any atom is 0.428 e. The molecule has 1 heterocycles. The van der Waals surface area contributed by atoms with E-state index in [-0.39, 0.29) is 16.8 Å². The van der Waals surface area contributed by atoms with Gasteiger partial charge in [0, 0.05) is 5.92 Å². The Labute approximate surface area is 105 Å². The van der Waals surface area contributed by atoms with Crippen molar-refractivity contribution in [1.82, 2.24) is 0 Å². The molecule has 2 radical (unpaired) electrons. The Balaban J connectivity index is 3.03. The van der Waals surface area contributed by atoms with Crippen molar-refractivity contribution in [1.29, 1.82) is 0 Å². The number of hydrogen-bond acceptors (Lipinski definition) is 3. The van der Waals surface area contributed by atoms with Gasteiger partial charge in [-0.15, -0.1) is 4.44 Å². The summed E-state index contributed by atoms with van der Waals surface area (Å²) < 4.78 is 48.3. The molecule has 1 rings (SSSR count). The van der Waals surface area contributed by atoms with Gasteiger partial charge >= 0.3 is 12.1 Å². The lowest BCUT2D eigenvalue weighted by atomic mass is 9.91. The van der Waals surface area contributed by atoms with Gasteiger partial charge in [-0.1, -0.05) is 6.92 Å². The molecule has 0 aromatic rings. The Morgan fingerprint density at radius 1 is 1.59 bits per heavy atom. The monoisotopic (exact) mass is 264 g/mol. The zero-order valence-electron chi connectivity index (χ0n) is 9.72. The van der Waals surface area contributed by atoms with E-state index in [9.17, 15) is 18.0 Å². The van der Waals surface area contributed by atoms with Crippen LogP contribution in [0.15, 0.2) is 10.2 Å². The van der Waals surface area contributed by atoms with Crippen LogP contribution in [-0.2, 0) is 14.3 Å². The standard InChI is InChI=1S/C10H12F3O3.Al/c1-4-15-8(14)7-5-6(2)9(3,16-7)10(11,12)13;/h6H,4H2,1-3H3;/t6-,9+;/m0./s1. The molecule has 0 N–H and O–H groups in total.